The maximum Gasteiger partial charge on any atom is 0.201 e. The van der Waals surface area contributed by atoms with Gasteiger partial charge in [0, 0.05) is 5.02 Å². The smallest absolute Gasteiger partial charge is 0.201 e. The van der Waals surface area contributed by atoms with Crippen LogP contribution < -0.4 is 5.73 Å². The molecule has 0 radical (unpaired) electrons. The molecule has 5 heteroatoms. The van der Waals surface area contributed by atoms with Crippen molar-refractivity contribution in [3.63, 3.8) is 0 Å². The number of nitrogens with two attached hydrogens (primary N) is 1. The van der Waals surface area contributed by atoms with Gasteiger partial charge in [-0.25, -0.2) is 4.98 Å². The second-order valence-corrected chi connectivity index (χ2v) is 4.89. The highest BCUT2D eigenvalue weighted by Crippen LogP contribution is 2.23. The summed E-state index contributed by atoms with van der Waals surface area (Å²) in [5, 5.41) is 9.77. The molecule has 1 aromatic heterocycles. The minimum absolute atomic E-state index is 0.412. The molecule has 0 saturated carbocycles. The molecular formula is C15H11ClN4. The maximum atomic E-state index is 9.14. The van der Waals surface area contributed by atoms with Gasteiger partial charge in [-0.2, -0.15) is 5.26 Å². The number of hydrogen-bond donors (Lipinski definition) is 1. The molecule has 0 bridgehead atoms. The number of hydrogen-bond acceptors (Lipinski definition) is 3. The van der Waals surface area contributed by atoms with Gasteiger partial charge in [0.1, 0.15) is 0 Å². The Morgan fingerprint density at radius 2 is 2.05 bits per heavy atom. The molecule has 3 rings (SSSR count). The largest absolute Gasteiger partial charge is 0.369 e. The van der Waals surface area contributed by atoms with Crippen molar-refractivity contribution < 1.29 is 0 Å². The Morgan fingerprint density at radius 1 is 1.25 bits per heavy atom. The van der Waals surface area contributed by atoms with E-state index >= 15 is 0 Å². The number of rotatable bonds is 2. The predicted molar refractivity (Wildman–Crippen MR) is 79.4 cm³/mol. The zero-order valence-corrected chi connectivity index (χ0v) is 11.3. The van der Waals surface area contributed by atoms with Crippen LogP contribution in [0.4, 0.5) is 5.95 Å². The third kappa shape index (κ3) is 2.09. The van der Waals surface area contributed by atoms with Gasteiger partial charge in [-0.05, 0) is 29.8 Å². The summed E-state index contributed by atoms with van der Waals surface area (Å²) in [6.07, 6.45) is 0. The lowest BCUT2D eigenvalue weighted by Gasteiger charge is -2.08. The predicted octanol–water partition coefficient (Wildman–Crippen LogP) is 3.19. The van der Waals surface area contributed by atoms with Crippen molar-refractivity contribution >= 4 is 28.6 Å². The molecule has 0 spiro atoms. The molecule has 3 aromatic rings. The third-order valence-electron chi connectivity index (χ3n) is 3.21. The van der Waals surface area contributed by atoms with Crippen LogP contribution in [0.3, 0.4) is 0 Å². The molecule has 2 N–H and O–H groups in total. The summed E-state index contributed by atoms with van der Waals surface area (Å²) in [6.45, 7) is 0.508. The second-order valence-electron chi connectivity index (χ2n) is 4.46. The minimum Gasteiger partial charge on any atom is -0.369 e. The summed E-state index contributed by atoms with van der Waals surface area (Å²) in [5.41, 5.74) is 9.18. The van der Waals surface area contributed by atoms with Gasteiger partial charge in [0.15, 0.2) is 0 Å². The van der Waals surface area contributed by atoms with E-state index in [0.29, 0.717) is 23.1 Å². The monoisotopic (exact) mass is 282 g/mol. The number of nitrogen functional groups attached to an aromatic ring is 1. The van der Waals surface area contributed by atoms with Crippen LogP contribution in [0.1, 0.15) is 11.1 Å². The summed E-state index contributed by atoms with van der Waals surface area (Å²) in [7, 11) is 0. The average Bonchev–Trinajstić information content (AvgIpc) is 2.75. The molecule has 20 heavy (non-hydrogen) atoms. The van der Waals surface area contributed by atoms with Gasteiger partial charge in [0.05, 0.1) is 29.2 Å². The molecule has 0 fully saturated rings. The molecule has 0 amide bonds. The molecule has 1 heterocycles. The fourth-order valence-electron chi connectivity index (χ4n) is 2.23. The van der Waals surface area contributed by atoms with E-state index in [0.717, 1.165) is 16.6 Å². The first-order chi connectivity index (χ1) is 9.69. The van der Waals surface area contributed by atoms with Gasteiger partial charge in [-0.3, -0.25) is 0 Å². The molecule has 0 aliphatic rings. The molecule has 0 saturated heterocycles. The van der Waals surface area contributed by atoms with Crippen LogP contribution in [0.25, 0.3) is 11.0 Å². The maximum absolute atomic E-state index is 9.14. The average molecular weight is 283 g/mol. The van der Waals surface area contributed by atoms with E-state index in [1.807, 2.05) is 28.8 Å². The number of halogens is 1. The van der Waals surface area contributed by atoms with E-state index in [-0.39, 0.29) is 0 Å². The summed E-state index contributed by atoms with van der Waals surface area (Å²) < 4.78 is 1.88. The standard InChI is InChI=1S/C15H11ClN4/c16-12-5-6-14-13(7-12)19-15(18)20(14)9-11-4-2-1-3-10(11)8-17/h1-7H,9H2,(H2,18,19). The number of benzene rings is 2. The van der Waals surface area contributed by atoms with E-state index in [4.69, 9.17) is 22.6 Å². The number of imidazole rings is 1. The number of nitriles is 1. The van der Waals surface area contributed by atoms with Crippen LogP contribution in [0.5, 0.6) is 0 Å². The van der Waals surface area contributed by atoms with Crippen LogP contribution in [-0.4, -0.2) is 9.55 Å². The minimum atomic E-state index is 0.412. The van der Waals surface area contributed by atoms with Crippen molar-refractivity contribution in [3.05, 3.63) is 58.6 Å². The van der Waals surface area contributed by atoms with Crippen molar-refractivity contribution in [2.45, 2.75) is 6.54 Å². The summed E-state index contributed by atoms with van der Waals surface area (Å²) in [5.74, 6) is 0.412. The zero-order chi connectivity index (χ0) is 14.1. The number of nitrogens with zero attached hydrogens (tertiary/aromatic N) is 3. The fourth-order valence-corrected chi connectivity index (χ4v) is 2.39. The van der Waals surface area contributed by atoms with E-state index in [1.54, 1.807) is 18.2 Å². The van der Waals surface area contributed by atoms with Gasteiger partial charge in [-0.1, -0.05) is 29.8 Å². The summed E-state index contributed by atoms with van der Waals surface area (Å²) in [6, 6.07) is 15.1. The summed E-state index contributed by atoms with van der Waals surface area (Å²) >= 11 is 5.96. The van der Waals surface area contributed by atoms with Gasteiger partial charge in [0.25, 0.3) is 0 Å². The van der Waals surface area contributed by atoms with Gasteiger partial charge in [-0.15, -0.1) is 0 Å². The number of anilines is 1. The van der Waals surface area contributed by atoms with E-state index in [9.17, 15) is 0 Å². The first-order valence-corrected chi connectivity index (χ1v) is 6.46. The highest BCUT2D eigenvalue weighted by atomic mass is 35.5. The van der Waals surface area contributed by atoms with E-state index in [1.165, 1.54) is 0 Å². The van der Waals surface area contributed by atoms with Gasteiger partial charge in [0.2, 0.25) is 5.95 Å². The Balaban J connectivity index is 2.11. The third-order valence-corrected chi connectivity index (χ3v) is 3.44. The van der Waals surface area contributed by atoms with Crippen LogP contribution in [0, 0.1) is 11.3 Å². The Kier molecular flexibility index (Phi) is 3.05. The number of aromatic nitrogens is 2. The quantitative estimate of drug-likeness (QED) is 0.785. The fraction of sp³-hybridized carbons (Fsp3) is 0.0667. The van der Waals surface area contributed by atoms with Crippen molar-refractivity contribution in [3.8, 4) is 6.07 Å². The van der Waals surface area contributed by atoms with Crippen molar-refractivity contribution in [2.75, 3.05) is 5.73 Å². The lowest BCUT2D eigenvalue weighted by atomic mass is 10.1. The Bertz CT molecular complexity index is 829. The lowest BCUT2D eigenvalue weighted by Crippen LogP contribution is -2.05. The van der Waals surface area contributed by atoms with Crippen LogP contribution in [0.2, 0.25) is 5.02 Å². The van der Waals surface area contributed by atoms with Crippen LogP contribution in [-0.2, 0) is 6.54 Å². The van der Waals surface area contributed by atoms with Crippen molar-refractivity contribution in [2.24, 2.45) is 0 Å². The molecule has 0 atom stereocenters. The number of fused-ring (bicyclic) bond motifs is 1. The zero-order valence-electron chi connectivity index (χ0n) is 10.5. The normalized spacial score (nSPS) is 10.6. The second kappa shape index (κ2) is 4.87. The molecule has 4 nitrogen and oxygen atoms in total. The van der Waals surface area contributed by atoms with Crippen LogP contribution >= 0.6 is 11.6 Å². The topological polar surface area (TPSA) is 67.6 Å². The van der Waals surface area contributed by atoms with Crippen molar-refractivity contribution in [1.29, 1.82) is 5.26 Å². The molecule has 98 valence electrons. The lowest BCUT2D eigenvalue weighted by molar-refractivity contribution is 0.836. The van der Waals surface area contributed by atoms with Crippen molar-refractivity contribution in [1.82, 2.24) is 9.55 Å². The first kappa shape index (κ1) is 12.5. The summed E-state index contributed by atoms with van der Waals surface area (Å²) in [4.78, 5) is 4.30. The molecule has 0 unspecified atom stereocenters. The first-order valence-electron chi connectivity index (χ1n) is 6.08. The van der Waals surface area contributed by atoms with E-state index in [2.05, 4.69) is 11.1 Å². The highest BCUT2D eigenvalue weighted by Gasteiger charge is 2.10. The van der Waals surface area contributed by atoms with Gasteiger partial charge < -0.3 is 10.3 Å². The van der Waals surface area contributed by atoms with Gasteiger partial charge >= 0.3 is 0 Å². The Hall–Kier alpha value is -2.51. The Labute approximate surface area is 121 Å². The molecule has 0 aliphatic carbocycles. The Morgan fingerprint density at radius 3 is 2.85 bits per heavy atom. The highest BCUT2D eigenvalue weighted by molar-refractivity contribution is 6.31. The SMILES string of the molecule is N#Cc1ccccc1Cn1c(N)nc2cc(Cl)ccc21. The van der Waals surface area contributed by atoms with Crippen LogP contribution in [0.15, 0.2) is 42.5 Å². The molecular weight excluding hydrogens is 272 g/mol. The molecule has 0 aliphatic heterocycles. The molecule has 2 aromatic carbocycles. The van der Waals surface area contributed by atoms with E-state index < -0.39 is 0 Å².